The molecular formula is C24H25F3N4O3. The van der Waals surface area contributed by atoms with E-state index in [1.165, 1.54) is 18.2 Å². The minimum absolute atomic E-state index is 0.250. The van der Waals surface area contributed by atoms with E-state index in [9.17, 15) is 13.2 Å². The summed E-state index contributed by atoms with van der Waals surface area (Å²) >= 11 is 0. The van der Waals surface area contributed by atoms with Gasteiger partial charge in [-0.25, -0.2) is 4.98 Å². The average molecular weight is 474 g/mol. The highest BCUT2D eigenvalue weighted by atomic mass is 19.4. The van der Waals surface area contributed by atoms with Gasteiger partial charge < -0.3 is 24.8 Å². The van der Waals surface area contributed by atoms with Gasteiger partial charge in [0.1, 0.15) is 23.1 Å². The van der Waals surface area contributed by atoms with Gasteiger partial charge in [0, 0.05) is 41.6 Å². The number of aromatic nitrogens is 2. The van der Waals surface area contributed by atoms with Crippen LogP contribution in [0.4, 0.5) is 30.6 Å². The van der Waals surface area contributed by atoms with E-state index in [2.05, 4.69) is 25.3 Å². The lowest BCUT2D eigenvalue weighted by atomic mass is 10.1. The zero-order chi connectivity index (χ0) is 24.1. The number of ether oxygens (including phenoxy) is 3. The Labute approximate surface area is 195 Å². The summed E-state index contributed by atoms with van der Waals surface area (Å²) in [4.78, 5) is 9.15. The second-order valence-corrected chi connectivity index (χ2v) is 7.89. The second-order valence-electron chi connectivity index (χ2n) is 7.89. The smallest absolute Gasteiger partial charge is 0.497 e. The van der Waals surface area contributed by atoms with Crippen LogP contribution in [0.1, 0.15) is 25.7 Å². The van der Waals surface area contributed by atoms with Gasteiger partial charge in [0.15, 0.2) is 0 Å². The SMILES string of the molecule is COc1cc(Nc2cc(-c3cccc(OC(F)(F)F)c3)nc(NC3CCCC3)n2)cc(OC)c1. The molecule has 0 spiro atoms. The Balaban J connectivity index is 1.69. The van der Waals surface area contributed by atoms with Gasteiger partial charge >= 0.3 is 6.36 Å². The van der Waals surface area contributed by atoms with Gasteiger partial charge in [0.25, 0.3) is 0 Å². The predicted molar refractivity (Wildman–Crippen MR) is 123 cm³/mol. The summed E-state index contributed by atoms with van der Waals surface area (Å²) in [5.41, 5.74) is 1.58. The number of hydrogen-bond donors (Lipinski definition) is 2. The fraction of sp³-hybridized carbons (Fsp3) is 0.333. The zero-order valence-electron chi connectivity index (χ0n) is 18.8. The monoisotopic (exact) mass is 474 g/mol. The third-order valence-corrected chi connectivity index (χ3v) is 5.40. The maximum atomic E-state index is 12.7. The number of nitrogens with zero attached hydrogens (tertiary/aromatic N) is 2. The Morgan fingerprint density at radius 3 is 2.24 bits per heavy atom. The molecule has 0 amide bonds. The van der Waals surface area contributed by atoms with Crippen molar-refractivity contribution in [2.24, 2.45) is 0 Å². The first-order valence-corrected chi connectivity index (χ1v) is 10.8. The number of halogens is 3. The van der Waals surface area contributed by atoms with Crippen LogP contribution in [0, 0.1) is 0 Å². The van der Waals surface area contributed by atoms with Crippen molar-refractivity contribution in [3.05, 3.63) is 48.5 Å². The molecule has 10 heteroatoms. The van der Waals surface area contributed by atoms with Crippen molar-refractivity contribution in [3.8, 4) is 28.5 Å². The molecule has 0 atom stereocenters. The van der Waals surface area contributed by atoms with Gasteiger partial charge in [0.05, 0.1) is 19.9 Å². The molecule has 180 valence electrons. The van der Waals surface area contributed by atoms with E-state index in [0.29, 0.717) is 40.2 Å². The van der Waals surface area contributed by atoms with Crippen LogP contribution in [0.15, 0.2) is 48.5 Å². The lowest BCUT2D eigenvalue weighted by Gasteiger charge is -2.16. The minimum Gasteiger partial charge on any atom is -0.497 e. The van der Waals surface area contributed by atoms with Crippen LogP contribution < -0.4 is 24.8 Å². The summed E-state index contributed by atoms with van der Waals surface area (Å²) in [6.07, 6.45) is -0.500. The topological polar surface area (TPSA) is 77.5 Å². The van der Waals surface area contributed by atoms with E-state index in [-0.39, 0.29) is 11.8 Å². The van der Waals surface area contributed by atoms with E-state index < -0.39 is 6.36 Å². The number of hydrogen-bond acceptors (Lipinski definition) is 7. The van der Waals surface area contributed by atoms with Gasteiger partial charge in [-0.3, -0.25) is 0 Å². The highest BCUT2D eigenvalue weighted by molar-refractivity contribution is 5.69. The second kappa shape index (κ2) is 10.1. The predicted octanol–water partition coefficient (Wildman–Crippen LogP) is 6.16. The first kappa shape index (κ1) is 23.5. The fourth-order valence-corrected chi connectivity index (χ4v) is 3.86. The summed E-state index contributed by atoms with van der Waals surface area (Å²) in [5, 5.41) is 6.57. The van der Waals surface area contributed by atoms with Crippen LogP contribution in [0.2, 0.25) is 0 Å². The molecule has 0 unspecified atom stereocenters. The Hall–Kier alpha value is -3.69. The number of anilines is 3. The summed E-state index contributed by atoms with van der Waals surface area (Å²) in [6, 6.07) is 12.9. The standard InChI is InChI=1S/C24H25F3N4O3/c1-32-19-11-17(12-20(13-19)33-2)28-22-14-21(30-23(31-22)29-16-7-3-4-8-16)15-6-5-9-18(10-15)34-24(25,26)27/h5-6,9-14,16H,3-4,7-8H2,1-2H3,(H2,28,29,30,31). The summed E-state index contributed by atoms with van der Waals surface area (Å²) in [6.45, 7) is 0. The van der Waals surface area contributed by atoms with E-state index in [0.717, 1.165) is 25.7 Å². The van der Waals surface area contributed by atoms with Crippen molar-refractivity contribution in [2.45, 2.75) is 38.1 Å². The molecule has 0 saturated heterocycles. The third-order valence-electron chi connectivity index (χ3n) is 5.40. The minimum atomic E-state index is -4.78. The van der Waals surface area contributed by atoms with Gasteiger partial charge in [-0.1, -0.05) is 25.0 Å². The number of methoxy groups -OCH3 is 2. The molecule has 2 N–H and O–H groups in total. The number of rotatable bonds is 8. The maximum Gasteiger partial charge on any atom is 0.573 e. The first-order valence-electron chi connectivity index (χ1n) is 10.8. The highest BCUT2D eigenvalue weighted by Gasteiger charge is 2.31. The maximum absolute atomic E-state index is 12.7. The van der Waals surface area contributed by atoms with Crippen LogP contribution in [0.25, 0.3) is 11.3 Å². The molecule has 0 bridgehead atoms. The molecule has 1 fully saturated rings. The molecule has 1 aliphatic rings. The van der Waals surface area contributed by atoms with E-state index in [1.54, 1.807) is 44.6 Å². The molecule has 0 aliphatic heterocycles. The lowest BCUT2D eigenvalue weighted by molar-refractivity contribution is -0.274. The Morgan fingerprint density at radius 1 is 0.882 bits per heavy atom. The van der Waals surface area contributed by atoms with E-state index >= 15 is 0 Å². The third kappa shape index (κ3) is 6.21. The van der Waals surface area contributed by atoms with Gasteiger partial charge in [-0.15, -0.1) is 13.2 Å². The van der Waals surface area contributed by atoms with Crippen LogP contribution in [-0.2, 0) is 0 Å². The van der Waals surface area contributed by atoms with Crippen molar-refractivity contribution in [3.63, 3.8) is 0 Å². The van der Waals surface area contributed by atoms with E-state index in [1.807, 2.05) is 0 Å². The molecule has 1 saturated carbocycles. The Bertz CT molecular complexity index is 1110. The van der Waals surface area contributed by atoms with Crippen LogP contribution in [-0.4, -0.2) is 36.6 Å². The fourth-order valence-electron chi connectivity index (χ4n) is 3.86. The van der Waals surface area contributed by atoms with Crippen LogP contribution in [0.3, 0.4) is 0 Å². The molecule has 34 heavy (non-hydrogen) atoms. The summed E-state index contributed by atoms with van der Waals surface area (Å²) < 4.78 is 52.8. The molecule has 4 rings (SSSR count). The van der Waals surface area contributed by atoms with Gasteiger partial charge in [-0.05, 0) is 25.0 Å². The van der Waals surface area contributed by atoms with Crippen molar-refractivity contribution >= 4 is 17.5 Å². The number of alkyl halides is 3. The highest BCUT2D eigenvalue weighted by Crippen LogP contribution is 2.32. The van der Waals surface area contributed by atoms with Crippen molar-refractivity contribution < 1.29 is 27.4 Å². The number of nitrogens with one attached hydrogen (secondary N) is 2. The largest absolute Gasteiger partial charge is 0.573 e. The Morgan fingerprint density at radius 2 is 1.59 bits per heavy atom. The molecule has 1 aromatic heterocycles. The summed E-state index contributed by atoms with van der Waals surface area (Å²) in [7, 11) is 3.11. The Kier molecular flexibility index (Phi) is 6.95. The van der Waals surface area contributed by atoms with Crippen LogP contribution >= 0.6 is 0 Å². The summed E-state index contributed by atoms with van der Waals surface area (Å²) in [5.74, 6) is 1.72. The van der Waals surface area contributed by atoms with Crippen molar-refractivity contribution in [1.82, 2.24) is 9.97 Å². The van der Waals surface area contributed by atoms with Gasteiger partial charge in [-0.2, -0.15) is 4.98 Å². The van der Waals surface area contributed by atoms with Gasteiger partial charge in [0.2, 0.25) is 5.95 Å². The van der Waals surface area contributed by atoms with E-state index in [4.69, 9.17) is 9.47 Å². The normalized spacial score (nSPS) is 14.0. The molecule has 7 nitrogen and oxygen atoms in total. The molecular weight excluding hydrogens is 449 g/mol. The average Bonchev–Trinajstić information content (AvgIpc) is 3.30. The number of benzene rings is 2. The molecule has 1 aliphatic carbocycles. The first-order chi connectivity index (χ1) is 16.3. The quantitative estimate of drug-likeness (QED) is 0.405. The van der Waals surface area contributed by atoms with Crippen molar-refractivity contribution in [1.29, 1.82) is 0 Å². The molecule has 2 aromatic carbocycles. The van der Waals surface area contributed by atoms with Crippen molar-refractivity contribution in [2.75, 3.05) is 24.9 Å². The lowest BCUT2D eigenvalue weighted by Crippen LogP contribution is -2.17. The molecule has 1 heterocycles. The van der Waals surface area contributed by atoms with Crippen LogP contribution in [0.5, 0.6) is 17.2 Å². The molecule has 3 aromatic rings. The zero-order valence-corrected chi connectivity index (χ0v) is 18.8. The molecule has 0 radical (unpaired) electrons.